The second kappa shape index (κ2) is 7.87. The summed E-state index contributed by atoms with van der Waals surface area (Å²) in [6.07, 6.45) is 5.89. The molecule has 0 aliphatic heterocycles. The van der Waals surface area contributed by atoms with Crippen molar-refractivity contribution in [1.82, 2.24) is 9.55 Å². The van der Waals surface area contributed by atoms with Gasteiger partial charge in [-0.15, -0.1) is 0 Å². The van der Waals surface area contributed by atoms with Crippen LogP contribution in [-0.2, 0) is 11.3 Å². The van der Waals surface area contributed by atoms with E-state index < -0.39 is 11.8 Å². The van der Waals surface area contributed by atoms with Gasteiger partial charge in [0.1, 0.15) is 17.2 Å². The molecule has 1 aliphatic rings. The number of methoxy groups -OCH3 is 1. The number of nitrogens with zero attached hydrogens (tertiary/aromatic N) is 2. The molecule has 6 heteroatoms. The fourth-order valence-corrected chi connectivity index (χ4v) is 3.84. The van der Waals surface area contributed by atoms with E-state index >= 15 is 4.39 Å². The highest BCUT2D eigenvalue weighted by atomic mass is 19.1. The number of esters is 1. The predicted octanol–water partition coefficient (Wildman–Crippen LogP) is 5.63. The molecule has 4 aromatic rings. The first-order valence-electron chi connectivity index (χ1n) is 10.3. The van der Waals surface area contributed by atoms with E-state index in [4.69, 9.17) is 4.74 Å². The van der Waals surface area contributed by atoms with Crippen molar-refractivity contribution in [3.8, 4) is 0 Å². The van der Waals surface area contributed by atoms with Crippen LogP contribution in [0.25, 0.3) is 10.9 Å². The Hall–Kier alpha value is -3.67. The second-order valence-electron chi connectivity index (χ2n) is 7.88. The number of nitrogens with one attached hydrogen (secondary N) is 1. The van der Waals surface area contributed by atoms with Crippen LogP contribution < -0.4 is 5.32 Å². The molecule has 0 bridgehead atoms. The quantitative estimate of drug-likeness (QED) is 0.415. The highest BCUT2D eigenvalue weighted by Crippen LogP contribution is 2.41. The van der Waals surface area contributed by atoms with Gasteiger partial charge < -0.3 is 14.6 Å². The lowest BCUT2D eigenvalue weighted by molar-refractivity contribution is 0.0601. The predicted molar refractivity (Wildman–Crippen MR) is 118 cm³/mol. The van der Waals surface area contributed by atoms with Gasteiger partial charge in [-0.05, 0) is 48.1 Å². The van der Waals surface area contributed by atoms with E-state index in [0.717, 1.165) is 34.9 Å². The Morgan fingerprint density at radius 3 is 2.74 bits per heavy atom. The number of hydrogen-bond donors (Lipinski definition) is 1. The zero-order valence-electron chi connectivity index (χ0n) is 17.1. The van der Waals surface area contributed by atoms with Crippen LogP contribution in [0, 0.1) is 5.82 Å². The van der Waals surface area contributed by atoms with E-state index in [1.54, 1.807) is 18.3 Å². The van der Waals surface area contributed by atoms with Gasteiger partial charge in [-0.2, -0.15) is 0 Å². The topological polar surface area (TPSA) is 56.1 Å². The van der Waals surface area contributed by atoms with E-state index in [0.29, 0.717) is 23.8 Å². The maximum Gasteiger partial charge on any atom is 0.341 e. The first-order valence-corrected chi connectivity index (χ1v) is 10.3. The zero-order valence-corrected chi connectivity index (χ0v) is 17.1. The summed E-state index contributed by atoms with van der Waals surface area (Å²) in [5.41, 5.74) is 3.54. The van der Waals surface area contributed by atoms with Crippen molar-refractivity contribution in [3.63, 3.8) is 0 Å². The van der Waals surface area contributed by atoms with Gasteiger partial charge in [0.2, 0.25) is 0 Å². The van der Waals surface area contributed by atoms with E-state index in [1.807, 2.05) is 47.2 Å². The smallest absolute Gasteiger partial charge is 0.341 e. The van der Waals surface area contributed by atoms with E-state index in [1.165, 1.54) is 13.2 Å². The van der Waals surface area contributed by atoms with Crippen LogP contribution >= 0.6 is 0 Å². The van der Waals surface area contributed by atoms with Gasteiger partial charge in [0.15, 0.2) is 0 Å². The third-order valence-corrected chi connectivity index (χ3v) is 5.67. The van der Waals surface area contributed by atoms with E-state index in [9.17, 15) is 4.79 Å². The minimum absolute atomic E-state index is 0.266. The summed E-state index contributed by atoms with van der Waals surface area (Å²) in [5, 5.41) is 3.89. The minimum Gasteiger partial charge on any atom is -0.465 e. The Kier molecular flexibility index (Phi) is 4.90. The molecule has 156 valence electrons. The number of carbonyl (C=O) groups is 1. The van der Waals surface area contributed by atoms with Crippen LogP contribution in [0.4, 0.5) is 15.9 Å². The summed E-state index contributed by atoms with van der Waals surface area (Å²) in [4.78, 5) is 16.7. The lowest BCUT2D eigenvalue weighted by Gasteiger charge is -2.13. The van der Waals surface area contributed by atoms with E-state index in [2.05, 4.69) is 10.3 Å². The molecule has 31 heavy (non-hydrogen) atoms. The Morgan fingerprint density at radius 2 is 2.00 bits per heavy atom. The standard InChI is InChI=1S/C25H22FN3O2/c1-31-25(30)20-11-19(17-7-8-17)14-27-24(20)28-22-12-18-9-10-29(23(18)13-21(22)26)15-16-5-3-2-4-6-16/h2-6,9-14,17H,7-8,15H2,1H3,(H,27,28). The van der Waals surface area contributed by atoms with Gasteiger partial charge in [0.05, 0.1) is 18.3 Å². The second-order valence-corrected chi connectivity index (χ2v) is 7.88. The highest BCUT2D eigenvalue weighted by Gasteiger charge is 2.26. The van der Waals surface area contributed by atoms with E-state index in [-0.39, 0.29) is 5.69 Å². The number of pyridine rings is 1. The van der Waals surface area contributed by atoms with Gasteiger partial charge >= 0.3 is 5.97 Å². The molecule has 0 unspecified atom stereocenters. The van der Waals surface area contributed by atoms with Crippen molar-refractivity contribution in [2.45, 2.75) is 25.3 Å². The summed E-state index contributed by atoms with van der Waals surface area (Å²) in [6.45, 7) is 0.660. The number of hydrogen-bond acceptors (Lipinski definition) is 4. The maximum atomic E-state index is 15.0. The van der Waals surface area contributed by atoms with Gasteiger partial charge in [-0.3, -0.25) is 0 Å². The van der Waals surface area contributed by atoms with Crippen LogP contribution in [0.1, 0.15) is 40.2 Å². The first kappa shape index (κ1) is 19.3. The van der Waals surface area contributed by atoms with Gasteiger partial charge in [-0.25, -0.2) is 14.2 Å². The number of benzene rings is 2. The molecule has 2 aromatic heterocycles. The number of anilines is 2. The summed E-state index contributed by atoms with van der Waals surface area (Å²) in [5.74, 6) is -0.168. The summed E-state index contributed by atoms with van der Waals surface area (Å²) < 4.78 is 21.9. The Bertz CT molecular complexity index is 1260. The van der Waals surface area contributed by atoms with Crippen molar-refractivity contribution in [1.29, 1.82) is 0 Å². The normalized spacial score (nSPS) is 13.4. The maximum absolute atomic E-state index is 15.0. The highest BCUT2D eigenvalue weighted by molar-refractivity contribution is 5.96. The molecule has 5 nitrogen and oxygen atoms in total. The summed E-state index contributed by atoms with van der Waals surface area (Å²) >= 11 is 0. The molecule has 2 heterocycles. The number of fused-ring (bicyclic) bond motifs is 1. The average Bonchev–Trinajstić information content (AvgIpc) is 3.58. The lowest BCUT2D eigenvalue weighted by atomic mass is 10.1. The number of ether oxygens (including phenoxy) is 1. The fraction of sp³-hybridized carbons (Fsp3) is 0.200. The number of halogens is 1. The van der Waals surface area contributed by atoms with Crippen molar-refractivity contribution in [2.75, 3.05) is 12.4 Å². The lowest BCUT2D eigenvalue weighted by Crippen LogP contribution is -2.09. The van der Waals surface area contributed by atoms with Gasteiger partial charge in [0.25, 0.3) is 0 Å². The van der Waals surface area contributed by atoms with Gasteiger partial charge in [0, 0.05) is 30.4 Å². The Balaban J connectivity index is 1.47. The molecule has 1 fully saturated rings. The average molecular weight is 415 g/mol. The number of rotatable bonds is 6. The molecule has 0 radical (unpaired) electrons. The van der Waals surface area contributed by atoms with Crippen molar-refractivity contribution in [2.24, 2.45) is 0 Å². The fourth-order valence-electron chi connectivity index (χ4n) is 3.84. The largest absolute Gasteiger partial charge is 0.465 e. The Labute approximate surface area is 179 Å². The monoisotopic (exact) mass is 415 g/mol. The first-order chi connectivity index (χ1) is 15.1. The number of carbonyl (C=O) groups excluding carboxylic acids is 1. The molecular formula is C25H22FN3O2. The third kappa shape index (κ3) is 3.89. The number of aromatic nitrogens is 2. The summed E-state index contributed by atoms with van der Waals surface area (Å²) in [6, 6.07) is 17.0. The molecule has 1 saturated carbocycles. The SMILES string of the molecule is COC(=O)c1cc(C2CC2)cnc1Nc1cc2ccn(Cc3ccccc3)c2cc1F. The van der Waals surface area contributed by atoms with Gasteiger partial charge in [-0.1, -0.05) is 30.3 Å². The Morgan fingerprint density at radius 1 is 1.19 bits per heavy atom. The molecule has 0 saturated heterocycles. The van der Waals surface area contributed by atoms with Crippen LogP contribution in [0.3, 0.4) is 0 Å². The molecule has 2 aromatic carbocycles. The molecule has 1 N–H and O–H groups in total. The minimum atomic E-state index is -0.493. The molecule has 0 spiro atoms. The zero-order chi connectivity index (χ0) is 21.4. The molecule has 0 amide bonds. The van der Waals surface area contributed by atoms with Crippen LogP contribution in [-0.4, -0.2) is 22.6 Å². The molecule has 5 rings (SSSR count). The van der Waals surface area contributed by atoms with Crippen molar-refractivity contribution < 1.29 is 13.9 Å². The molecule has 1 aliphatic carbocycles. The van der Waals surface area contributed by atoms with Crippen LogP contribution in [0.15, 0.2) is 67.0 Å². The van der Waals surface area contributed by atoms with Crippen molar-refractivity contribution in [3.05, 3.63) is 89.5 Å². The molecule has 0 atom stereocenters. The van der Waals surface area contributed by atoms with Crippen molar-refractivity contribution >= 4 is 28.4 Å². The third-order valence-electron chi connectivity index (χ3n) is 5.67. The summed E-state index contributed by atoms with van der Waals surface area (Å²) in [7, 11) is 1.33. The van der Waals surface area contributed by atoms with Crippen LogP contribution in [0.2, 0.25) is 0 Å². The molecular weight excluding hydrogens is 393 g/mol. The van der Waals surface area contributed by atoms with Crippen LogP contribution in [0.5, 0.6) is 0 Å².